The molecular formula is C19H21N3O3. The van der Waals surface area contributed by atoms with Crippen LogP contribution in [0.2, 0.25) is 0 Å². The van der Waals surface area contributed by atoms with Gasteiger partial charge in [0.1, 0.15) is 19.0 Å². The molecule has 3 aromatic rings. The molecule has 1 aromatic heterocycles. The number of nitrogens with zero attached hydrogens (tertiary/aromatic N) is 2. The summed E-state index contributed by atoms with van der Waals surface area (Å²) in [5.41, 5.74) is 0.793. The van der Waals surface area contributed by atoms with E-state index in [1.165, 1.54) is 0 Å². The van der Waals surface area contributed by atoms with Gasteiger partial charge in [0.2, 0.25) is 0 Å². The molecule has 0 bridgehead atoms. The van der Waals surface area contributed by atoms with Gasteiger partial charge in [0.15, 0.2) is 17.3 Å². The minimum absolute atomic E-state index is 0.00485. The lowest BCUT2D eigenvalue weighted by Crippen LogP contribution is -2.24. The third-order valence-electron chi connectivity index (χ3n) is 3.73. The highest BCUT2D eigenvalue weighted by Crippen LogP contribution is 2.26. The summed E-state index contributed by atoms with van der Waals surface area (Å²) in [6.07, 6.45) is 0. The molecular weight excluding hydrogens is 318 g/mol. The van der Waals surface area contributed by atoms with Gasteiger partial charge in [-0.25, -0.2) is 9.97 Å². The van der Waals surface area contributed by atoms with Gasteiger partial charge in [0.25, 0.3) is 0 Å². The fraction of sp³-hybridized carbons (Fsp3) is 0.263. The molecule has 25 heavy (non-hydrogen) atoms. The number of hydrogen-bond acceptors (Lipinski definition) is 6. The number of benzene rings is 2. The van der Waals surface area contributed by atoms with E-state index in [1.54, 1.807) is 7.11 Å². The van der Waals surface area contributed by atoms with Crippen molar-refractivity contribution in [2.45, 2.75) is 19.6 Å². The molecule has 6 nitrogen and oxygen atoms in total. The van der Waals surface area contributed by atoms with Gasteiger partial charge in [0, 0.05) is 5.39 Å². The molecule has 0 radical (unpaired) electrons. The Kier molecular flexibility index (Phi) is 5.30. The number of fused-ring (bicyclic) bond motifs is 1. The van der Waals surface area contributed by atoms with Crippen molar-refractivity contribution < 1.29 is 14.6 Å². The minimum atomic E-state index is -0.203. The van der Waals surface area contributed by atoms with Crippen molar-refractivity contribution in [2.75, 3.05) is 19.0 Å². The number of methoxy groups -OCH3 is 1. The van der Waals surface area contributed by atoms with E-state index in [-0.39, 0.29) is 12.6 Å². The third kappa shape index (κ3) is 3.97. The van der Waals surface area contributed by atoms with Gasteiger partial charge in [-0.3, -0.25) is 0 Å². The van der Waals surface area contributed by atoms with E-state index in [2.05, 4.69) is 15.3 Å². The topological polar surface area (TPSA) is 76.5 Å². The first-order valence-corrected chi connectivity index (χ1v) is 8.10. The molecule has 0 spiro atoms. The summed E-state index contributed by atoms with van der Waals surface area (Å²) in [5.74, 6) is 2.47. The lowest BCUT2D eigenvalue weighted by Gasteiger charge is -2.18. The summed E-state index contributed by atoms with van der Waals surface area (Å²) in [4.78, 5) is 8.72. The normalized spacial score (nSPS) is 12.0. The van der Waals surface area contributed by atoms with Crippen molar-refractivity contribution in [1.29, 1.82) is 0 Å². The van der Waals surface area contributed by atoms with Gasteiger partial charge in [-0.15, -0.1) is 0 Å². The second kappa shape index (κ2) is 7.81. The Bertz CT molecular complexity index is 854. The zero-order valence-corrected chi connectivity index (χ0v) is 14.3. The van der Waals surface area contributed by atoms with Gasteiger partial charge in [0.05, 0.1) is 18.7 Å². The van der Waals surface area contributed by atoms with Crippen molar-refractivity contribution >= 4 is 16.7 Å². The van der Waals surface area contributed by atoms with Crippen LogP contribution in [0.5, 0.6) is 11.5 Å². The van der Waals surface area contributed by atoms with E-state index < -0.39 is 0 Å². The van der Waals surface area contributed by atoms with Crippen LogP contribution in [0, 0.1) is 0 Å². The molecule has 0 aliphatic heterocycles. The third-order valence-corrected chi connectivity index (χ3v) is 3.73. The maximum absolute atomic E-state index is 9.37. The molecule has 0 saturated carbocycles. The Balaban J connectivity index is 1.74. The first-order chi connectivity index (χ1) is 12.2. The number of aromatic nitrogens is 2. The Morgan fingerprint density at radius 1 is 1.04 bits per heavy atom. The second-order valence-electron chi connectivity index (χ2n) is 5.67. The van der Waals surface area contributed by atoms with E-state index in [1.807, 2.05) is 55.5 Å². The van der Waals surface area contributed by atoms with E-state index in [0.29, 0.717) is 29.7 Å². The fourth-order valence-corrected chi connectivity index (χ4v) is 2.53. The van der Waals surface area contributed by atoms with E-state index in [4.69, 9.17) is 9.47 Å². The highest BCUT2D eigenvalue weighted by Gasteiger charge is 2.11. The lowest BCUT2D eigenvalue weighted by atomic mass is 10.2. The van der Waals surface area contributed by atoms with Crippen LogP contribution in [0.1, 0.15) is 12.7 Å². The zero-order valence-electron chi connectivity index (χ0n) is 14.3. The summed E-state index contributed by atoms with van der Waals surface area (Å²) in [6.45, 7) is 2.24. The number of rotatable bonds is 7. The summed E-state index contributed by atoms with van der Waals surface area (Å²) < 4.78 is 11.1. The zero-order chi connectivity index (χ0) is 17.6. The van der Waals surface area contributed by atoms with Gasteiger partial charge >= 0.3 is 0 Å². The quantitative estimate of drug-likeness (QED) is 0.689. The standard InChI is InChI=1S/C19H21N3O3/c1-13(12-25-17-10-6-5-9-16(17)24-2)20-19-14-7-3-4-8-15(14)21-18(11-23)22-19/h3-10,13,23H,11-12H2,1-2H3,(H,20,21,22). The number of ether oxygens (including phenoxy) is 2. The molecule has 0 amide bonds. The van der Waals surface area contributed by atoms with Gasteiger partial charge < -0.3 is 19.9 Å². The lowest BCUT2D eigenvalue weighted by molar-refractivity contribution is 0.271. The SMILES string of the molecule is COc1ccccc1OCC(C)Nc1nc(CO)nc2ccccc12. The number of anilines is 1. The van der Waals surface area contributed by atoms with Crippen LogP contribution in [-0.2, 0) is 6.61 Å². The molecule has 6 heteroatoms. The Morgan fingerprint density at radius 3 is 2.52 bits per heavy atom. The molecule has 2 N–H and O–H groups in total. The van der Waals surface area contributed by atoms with Crippen LogP contribution in [0.15, 0.2) is 48.5 Å². The smallest absolute Gasteiger partial charge is 0.161 e. The molecule has 3 rings (SSSR count). The molecule has 0 aliphatic rings. The molecule has 0 saturated heterocycles. The molecule has 130 valence electrons. The Hall–Kier alpha value is -2.86. The highest BCUT2D eigenvalue weighted by molar-refractivity contribution is 5.89. The van der Waals surface area contributed by atoms with Crippen molar-refractivity contribution in [2.24, 2.45) is 0 Å². The van der Waals surface area contributed by atoms with Crippen LogP contribution in [0.3, 0.4) is 0 Å². The minimum Gasteiger partial charge on any atom is -0.493 e. The summed E-state index contributed by atoms with van der Waals surface area (Å²) in [5, 5.41) is 13.6. The van der Waals surface area contributed by atoms with Crippen LogP contribution in [0.25, 0.3) is 10.9 Å². The molecule has 1 unspecified atom stereocenters. The number of para-hydroxylation sites is 3. The molecule has 0 aliphatic carbocycles. The predicted octanol–water partition coefficient (Wildman–Crippen LogP) is 3.01. The van der Waals surface area contributed by atoms with Crippen LogP contribution < -0.4 is 14.8 Å². The van der Waals surface area contributed by atoms with Crippen molar-refractivity contribution in [3.63, 3.8) is 0 Å². The largest absolute Gasteiger partial charge is 0.493 e. The average Bonchev–Trinajstić information content (AvgIpc) is 2.66. The van der Waals surface area contributed by atoms with Crippen molar-refractivity contribution in [3.8, 4) is 11.5 Å². The number of nitrogens with one attached hydrogen (secondary N) is 1. The molecule has 1 heterocycles. The summed E-state index contributed by atoms with van der Waals surface area (Å²) in [7, 11) is 1.62. The van der Waals surface area contributed by atoms with Crippen molar-refractivity contribution in [1.82, 2.24) is 9.97 Å². The monoisotopic (exact) mass is 339 g/mol. The molecule has 0 fully saturated rings. The molecule has 2 aromatic carbocycles. The highest BCUT2D eigenvalue weighted by atomic mass is 16.5. The Labute approximate surface area is 146 Å². The number of aliphatic hydroxyl groups is 1. The number of aliphatic hydroxyl groups excluding tert-OH is 1. The predicted molar refractivity (Wildman–Crippen MR) is 97.0 cm³/mol. The van der Waals surface area contributed by atoms with E-state index in [9.17, 15) is 5.11 Å². The van der Waals surface area contributed by atoms with Crippen LogP contribution >= 0.6 is 0 Å². The molecule has 1 atom stereocenters. The maximum Gasteiger partial charge on any atom is 0.161 e. The summed E-state index contributed by atoms with van der Waals surface area (Å²) in [6, 6.07) is 15.2. The second-order valence-corrected chi connectivity index (χ2v) is 5.67. The first kappa shape index (κ1) is 17.0. The van der Waals surface area contributed by atoms with Crippen molar-refractivity contribution in [3.05, 3.63) is 54.4 Å². The van der Waals surface area contributed by atoms with E-state index in [0.717, 1.165) is 10.9 Å². The van der Waals surface area contributed by atoms with Gasteiger partial charge in [-0.05, 0) is 31.2 Å². The van der Waals surface area contributed by atoms with E-state index >= 15 is 0 Å². The number of hydrogen-bond donors (Lipinski definition) is 2. The average molecular weight is 339 g/mol. The van der Waals surface area contributed by atoms with Crippen LogP contribution in [-0.4, -0.2) is 34.8 Å². The summed E-state index contributed by atoms with van der Waals surface area (Å²) >= 11 is 0. The maximum atomic E-state index is 9.37. The Morgan fingerprint density at radius 2 is 1.76 bits per heavy atom. The van der Waals surface area contributed by atoms with Gasteiger partial charge in [-0.2, -0.15) is 0 Å². The van der Waals surface area contributed by atoms with Gasteiger partial charge in [-0.1, -0.05) is 24.3 Å². The fourth-order valence-electron chi connectivity index (χ4n) is 2.53. The first-order valence-electron chi connectivity index (χ1n) is 8.10. The van der Waals surface area contributed by atoms with Crippen LogP contribution in [0.4, 0.5) is 5.82 Å².